The van der Waals surface area contributed by atoms with Crippen LogP contribution in [0.4, 0.5) is 8.78 Å². The van der Waals surface area contributed by atoms with Crippen molar-refractivity contribution in [2.75, 3.05) is 13.1 Å². The van der Waals surface area contributed by atoms with Crippen molar-refractivity contribution >= 4 is 17.6 Å². The second-order valence-electron chi connectivity index (χ2n) is 3.00. The number of alkyl halides is 2. The Balaban J connectivity index is 4.53. The molecule has 0 saturated carbocycles. The van der Waals surface area contributed by atoms with Gasteiger partial charge in [0.15, 0.2) is 0 Å². The summed E-state index contributed by atoms with van der Waals surface area (Å²) >= 11 is 0. The van der Waals surface area contributed by atoms with Gasteiger partial charge >= 0.3 is 5.97 Å². The predicted molar refractivity (Wildman–Crippen MR) is 56.9 cm³/mol. The summed E-state index contributed by atoms with van der Waals surface area (Å²) in [5.74, 6) is -1.81. The molecule has 0 aliphatic heterocycles. The zero-order valence-electron chi connectivity index (χ0n) is 9.11. The summed E-state index contributed by atoms with van der Waals surface area (Å²) in [6.45, 7) is 1.29. The van der Waals surface area contributed by atoms with Crippen LogP contribution in [0.3, 0.4) is 0 Å². The highest BCUT2D eigenvalue weighted by Gasteiger charge is 2.12. The van der Waals surface area contributed by atoms with E-state index in [1.54, 1.807) is 0 Å². The molecule has 0 aromatic carbocycles. The minimum Gasteiger partial charge on any atom is -0.477 e. The number of allylic oxidation sites excluding steroid dienone is 1. The maximum absolute atomic E-state index is 12.4. The van der Waals surface area contributed by atoms with E-state index in [1.807, 2.05) is 0 Å². The molecule has 8 heteroatoms. The Labute approximate surface area is 96.2 Å². The first kappa shape index (κ1) is 15.0. The number of hydrogen-bond donors (Lipinski definition) is 3. The van der Waals surface area contributed by atoms with Gasteiger partial charge in [-0.05, 0) is 6.08 Å². The van der Waals surface area contributed by atoms with Crippen molar-refractivity contribution in [3.63, 3.8) is 0 Å². The lowest BCUT2D eigenvalue weighted by Gasteiger charge is -2.02. The zero-order valence-corrected chi connectivity index (χ0v) is 9.11. The van der Waals surface area contributed by atoms with Crippen LogP contribution in [0.1, 0.15) is 6.92 Å². The molecule has 0 fully saturated rings. The number of aliphatic carboxylic acids is 1. The number of halogens is 2. The number of rotatable bonds is 6. The van der Waals surface area contributed by atoms with Gasteiger partial charge in [0.1, 0.15) is 11.4 Å². The van der Waals surface area contributed by atoms with Crippen molar-refractivity contribution in [3.8, 4) is 0 Å². The second-order valence-corrected chi connectivity index (χ2v) is 3.00. The molecule has 17 heavy (non-hydrogen) atoms. The van der Waals surface area contributed by atoms with E-state index in [-0.39, 0.29) is 19.0 Å². The van der Waals surface area contributed by atoms with Gasteiger partial charge in [-0.1, -0.05) is 0 Å². The highest BCUT2D eigenvalue weighted by atomic mass is 19.3. The van der Waals surface area contributed by atoms with Gasteiger partial charge in [0.05, 0.1) is 6.54 Å². The molecule has 0 atom stereocenters. The number of carbonyl (C=O) groups excluding carboxylic acids is 1. The van der Waals surface area contributed by atoms with Crippen molar-refractivity contribution < 1.29 is 23.5 Å². The molecule has 4 N–H and O–H groups in total. The van der Waals surface area contributed by atoms with E-state index in [0.717, 1.165) is 0 Å². The molecule has 0 heterocycles. The summed E-state index contributed by atoms with van der Waals surface area (Å²) in [6.07, 6.45) is -2.33. The quantitative estimate of drug-likeness (QED) is 0.343. The van der Waals surface area contributed by atoms with Crippen LogP contribution in [-0.2, 0) is 9.59 Å². The Hall–Kier alpha value is -1.99. The van der Waals surface area contributed by atoms with E-state index in [4.69, 9.17) is 10.8 Å². The Morgan fingerprint density at radius 3 is 2.53 bits per heavy atom. The van der Waals surface area contributed by atoms with Gasteiger partial charge in [-0.25, -0.2) is 13.6 Å². The van der Waals surface area contributed by atoms with Crippen LogP contribution < -0.4 is 11.1 Å². The van der Waals surface area contributed by atoms with E-state index >= 15 is 0 Å². The number of hydrogen-bond acceptors (Lipinski definition) is 4. The first-order valence-corrected chi connectivity index (χ1v) is 4.62. The van der Waals surface area contributed by atoms with Crippen LogP contribution in [0.25, 0.3) is 0 Å². The summed E-state index contributed by atoms with van der Waals surface area (Å²) in [7, 11) is 0. The Morgan fingerprint density at radius 1 is 1.53 bits per heavy atom. The first-order valence-electron chi connectivity index (χ1n) is 4.62. The molecule has 0 aromatic rings. The molecule has 0 saturated heterocycles. The van der Waals surface area contributed by atoms with Gasteiger partial charge in [-0.15, -0.1) is 0 Å². The van der Waals surface area contributed by atoms with Crippen LogP contribution >= 0.6 is 0 Å². The molecular weight excluding hydrogens is 236 g/mol. The summed E-state index contributed by atoms with van der Waals surface area (Å²) in [5.41, 5.74) is 3.54. The minimum atomic E-state index is -2.93. The summed E-state index contributed by atoms with van der Waals surface area (Å²) < 4.78 is 24.8. The smallest absolute Gasteiger partial charge is 0.351 e. The average molecular weight is 249 g/mol. The largest absolute Gasteiger partial charge is 0.477 e. The number of nitrogens with zero attached hydrogens (tertiary/aromatic N) is 1. The Bertz CT molecular complexity index is 353. The van der Waals surface area contributed by atoms with E-state index in [0.29, 0.717) is 6.08 Å². The SMILES string of the molecule is CC(=O)NCCN=C(/C=C(\N)C(=O)O)C(F)F. The fourth-order valence-electron chi connectivity index (χ4n) is 0.816. The lowest BCUT2D eigenvalue weighted by atomic mass is 10.3. The molecule has 0 spiro atoms. The summed E-state index contributed by atoms with van der Waals surface area (Å²) in [5, 5.41) is 10.8. The second kappa shape index (κ2) is 7.31. The summed E-state index contributed by atoms with van der Waals surface area (Å²) in [6, 6.07) is 0. The molecule has 1 amide bonds. The van der Waals surface area contributed by atoms with E-state index < -0.39 is 23.8 Å². The standard InChI is InChI=1S/C9H13F2N3O3/c1-5(15)13-2-3-14-7(8(10)11)4-6(12)9(16)17/h4,8H,2-3,12H2,1H3,(H,13,15)(H,16,17)/b6-4-,14-7?. The van der Waals surface area contributed by atoms with Gasteiger partial charge in [0.2, 0.25) is 5.91 Å². The van der Waals surface area contributed by atoms with Crippen molar-refractivity contribution in [2.45, 2.75) is 13.3 Å². The molecule has 6 nitrogen and oxygen atoms in total. The van der Waals surface area contributed by atoms with Crippen LogP contribution in [0.2, 0.25) is 0 Å². The molecule has 0 unspecified atom stereocenters. The first-order chi connectivity index (χ1) is 7.84. The van der Waals surface area contributed by atoms with Crippen molar-refractivity contribution in [1.82, 2.24) is 5.32 Å². The van der Waals surface area contributed by atoms with Gasteiger partial charge in [0, 0.05) is 13.5 Å². The van der Waals surface area contributed by atoms with Gasteiger partial charge in [-0.2, -0.15) is 0 Å². The van der Waals surface area contributed by atoms with Crippen molar-refractivity contribution in [2.24, 2.45) is 10.7 Å². The number of amides is 1. The van der Waals surface area contributed by atoms with Gasteiger partial charge in [0.25, 0.3) is 6.43 Å². The number of nitrogens with two attached hydrogens (primary N) is 1. The third kappa shape index (κ3) is 6.98. The van der Waals surface area contributed by atoms with Gasteiger partial charge in [-0.3, -0.25) is 9.79 Å². The maximum Gasteiger partial charge on any atom is 0.351 e. The van der Waals surface area contributed by atoms with Crippen molar-refractivity contribution in [1.29, 1.82) is 0 Å². The molecule has 0 aromatic heterocycles. The average Bonchev–Trinajstić information content (AvgIpc) is 2.21. The molecule has 0 aliphatic carbocycles. The fraction of sp³-hybridized carbons (Fsp3) is 0.444. The molecule has 0 bridgehead atoms. The lowest BCUT2D eigenvalue weighted by molar-refractivity contribution is -0.132. The number of carboxylic acids is 1. The monoisotopic (exact) mass is 249 g/mol. The molecule has 0 radical (unpaired) electrons. The maximum atomic E-state index is 12.4. The number of carbonyl (C=O) groups is 2. The lowest BCUT2D eigenvalue weighted by Crippen LogP contribution is -2.24. The van der Waals surface area contributed by atoms with Crippen LogP contribution in [-0.4, -0.2) is 42.2 Å². The number of aliphatic imine (C=N–C) groups is 1. The van der Waals surface area contributed by atoms with Crippen LogP contribution in [0.5, 0.6) is 0 Å². The number of nitrogens with one attached hydrogen (secondary N) is 1. The van der Waals surface area contributed by atoms with Crippen LogP contribution in [0, 0.1) is 0 Å². The molecule has 96 valence electrons. The molecular formula is C9H13F2N3O3. The topological polar surface area (TPSA) is 105 Å². The van der Waals surface area contributed by atoms with Gasteiger partial charge < -0.3 is 16.2 Å². The fourth-order valence-corrected chi connectivity index (χ4v) is 0.816. The van der Waals surface area contributed by atoms with E-state index in [1.165, 1.54) is 6.92 Å². The predicted octanol–water partition coefficient (Wildman–Crippen LogP) is -0.244. The molecule has 0 rings (SSSR count). The third-order valence-corrected chi connectivity index (χ3v) is 1.55. The van der Waals surface area contributed by atoms with Crippen LogP contribution in [0.15, 0.2) is 16.8 Å². The van der Waals surface area contributed by atoms with Crippen molar-refractivity contribution in [3.05, 3.63) is 11.8 Å². The highest BCUT2D eigenvalue weighted by molar-refractivity contribution is 6.03. The third-order valence-electron chi connectivity index (χ3n) is 1.55. The summed E-state index contributed by atoms with van der Waals surface area (Å²) in [4.78, 5) is 24.2. The normalized spacial score (nSPS) is 12.7. The van der Waals surface area contributed by atoms with E-state index in [9.17, 15) is 18.4 Å². The zero-order chi connectivity index (χ0) is 13.4. The minimum absolute atomic E-state index is 0.0807. The highest BCUT2D eigenvalue weighted by Crippen LogP contribution is 2.00. The molecule has 0 aliphatic rings. The Kier molecular flexibility index (Phi) is 6.46. The van der Waals surface area contributed by atoms with E-state index in [2.05, 4.69) is 10.3 Å². The number of carboxylic acid groups (broad SMARTS) is 1. The Morgan fingerprint density at radius 2 is 2.12 bits per heavy atom.